The number of pyridine rings is 1. The summed E-state index contributed by atoms with van der Waals surface area (Å²) in [6, 6.07) is 14.4. The fourth-order valence-corrected chi connectivity index (χ4v) is 3.23. The molecular weight excluding hydrogens is 372 g/mol. The van der Waals surface area contributed by atoms with Gasteiger partial charge in [0.15, 0.2) is 0 Å². The van der Waals surface area contributed by atoms with Crippen molar-refractivity contribution in [1.82, 2.24) is 10.3 Å². The first-order valence-electron chi connectivity index (χ1n) is 8.63. The van der Waals surface area contributed by atoms with Gasteiger partial charge >= 0.3 is 6.18 Å². The number of halogens is 4. The van der Waals surface area contributed by atoms with Crippen molar-refractivity contribution in [2.75, 3.05) is 0 Å². The molecule has 146 valence electrons. The number of fused-ring (bicyclic) bond motifs is 1. The largest absolute Gasteiger partial charge is 0.391 e. The molecule has 1 atom stereocenters. The molecule has 1 heterocycles. The highest BCUT2D eigenvalue weighted by Gasteiger charge is 2.40. The fourth-order valence-electron chi connectivity index (χ4n) is 3.23. The first-order valence-corrected chi connectivity index (χ1v) is 8.63. The molecule has 0 aliphatic rings. The number of hydrogen-bond acceptors (Lipinski definition) is 2. The second-order valence-corrected chi connectivity index (χ2v) is 7.00. The predicted octanol–water partition coefficient (Wildman–Crippen LogP) is 5.06. The highest BCUT2D eigenvalue weighted by atomic mass is 19.4. The zero-order chi connectivity index (χ0) is 20.4. The van der Waals surface area contributed by atoms with Gasteiger partial charge in [-0.1, -0.05) is 42.5 Å². The molecule has 0 aliphatic carbocycles. The van der Waals surface area contributed by atoms with Gasteiger partial charge < -0.3 is 5.32 Å². The average molecular weight is 390 g/mol. The molecule has 1 aromatic heterocycles. The van der Waals surface area contributed by atoms with Crippen molar-refractivity contribution in [2.45, 2.75) is 31.5 Å². The van der Waals surface area contributed by atoms with Crippen LogP contribution in [0.2, 0.25) is 0 Å². The molecule has 2 aromatic carbocycles. The molecule has 1 amide bonds. The van der Waals surface area contributed by atoms with Gasteiger partial charge in [-0.05, 0) is 31.0 Å². The topological polar surface area (TPSA) is 42.0 Å². The quantitative estimate of drug-likeness (QED) is 0.619. The monoisotopic (exact) mass is 390 g/mol. The van der Waals surface area contributed by atoms with Gasteiger partial charge in [-0.15, -0.1) is 0 Å². The van der Waals surface area contributed by atoms with E-state index in [9.17, 15) is 22.4 Å². The summed E-state index contributed by atoms with van der Waals surface area (Å²) in [7, 11) is 0. The predicted molar refractivity (Wildman–Crippen MR) is 98.4 cm³/mol. The van der Waals surface area contributed by atoms with Crippen LogP contribution in [0.15, 0.2) is 60.8 Å². The Morgan fingerprint density at radius 2 is 1.79 bits per heavy atom. The first-order chi connectivity index (χ1) is 13.2. The second kappa shape index (κ2) is 7.58. The zero-order valence-electron chi connectivity index (χ0n) is 15.1. The maximum atomic E-state index is 13.7. The summed E-state index contributed by atoms with van der Waals surface area (Å²) in [5, 5.41) is 2.90. The Hall–Kier alpha value is -2.96. The van der Waals surface area contributed by atoms with Crippen LogP contribution >= 0.6 is 0 Å². The molecule has 0 bridgehead atoms. The van der Waals surface area contributed by atoms with E-state index in [0.717, 1.165) is 6.20 Å². The van der Waals surface area contributed by atoms with Gasteiger partial charge in [0.2, 0.25) is 0 Å². The Kier molecular flexibility index (Phi) is 5.36. The van der Waals surface area contributed by atoms with Gasteiger partial charge in [0, 0.05) is 11.6 Å². The van der Waals surface area contributed by atoms with Gasteiger partial charge in [0.1, 0.15) is 11.3 Å². The van der Waals surface area contributed by atoms with Crippen LogP contribution in [0.5, 0.6) is 0 Å². The molecule has 0 aliphatic heterocycles. The molecule has 0 unspecified atom stereocenters. The Morgan fingerprint density at radius 3 is 2.46 bits per heavy atom. The maximum absolute atomic E-state index is 13.7. The summed E-state index contributed by atoms with van der Waals surface area (Å²) in [4.78, 5) is 16.6. The third kappa shape index (κ3) is 4.85. The smallest absolute Gasteiger partial charge is 0.346 e. The van der Waals surface area contributed by atoms with E-state index in [1.165, 1.54) is 25.1 Å². The van der Waals surface area contributed by atoms with E-state index in [2.05, 4.69) is 10.3 Å². The van der Waals surface area contributed by atoms with Crippen LogP contribution in [0.25, 0.3) is 10.9 Å². The lowest BCUT2D eigenvalue weighted by Crippen LogP contribution is -2.50. The maximum Gasteiger partial charge on any atom is 0.391 e. The first kappa shape index (κ1) is 19.8. The highest BCUT2D eigenvalue weighted by Crippen LogP contribution is 2.30. The van der Waals surface area contributed by atoms with Crippen LogP contribution in [0, 0.1) is 5.82 Å². The number of carbonyl (C=O) groups is 1. The summed E-state index contributed by atoms with van der Waals surface area (Å²) < 4.78 is 53.2. The van der Waals surface area contributed by atoms with E-state index in [-0.39, 0.29) is 17.5 Å². The Bertz CT molecular complexity index is 989. The molecule has 3 rings (SSSR count). The molecule has 0 spiro atoms. The number of para-hydroxylation sites is 1. The lowest BCUT2D eigenvalue weighted by atomic mass is 9.88. The number of nitrogens with zero attached hydrogens (tertiary/aromatic N) is 1. The van der Waals surface area contributed by atoms with Gasteiger partial charge in [0.25, 0.3) is 5.91 Å². The molecule has 0 saturated heterocycles. The number of alkyl halides is 3. The van der Waals surface area contributed by atoms with Crippen LogP contribution in [0.4, 0.5) is 17.6 Å². The minimum atomic E-state index is -4.46. The molecule has 3 aromatic rings. The van der Waals surface area contributed by atoms with E-state index in [1.807, 2.05) is 0 Å². The summed E-state index contributed by atoms with van der Waals surface area (Å²) in [6.07, 6.45) is -4.47. The molecular formula is C21H18F4N2O. The van der Waals surface area contributed by atoms with Crippen LogP contribution in [-0.4, -0.2) is 22.6 Å². The van der Waals surface area contributed by atoms with Crippen LogP contribution in [0.3, 0.4) is 0 Å². The van der Waals surface area contributed by atoms with E-state index in [1.54, 1.807) is 36.4 Å². The van der Waals surface area contributed by atoms with Crippen molar-refractivity contribution < 1.29 is 22.4 Å². The second-order valence-electron chi connectivity index (χ2n) is 7.00. The van der Waals surface area contributed by atoms with Gasteiger partial charge in [-0.2, -0.15) is 13.2 Å². The standard InChI is InChI=1S/C21H18F4N2O/c1-20(13-21(23,24)25,11-14-6-3-2-4-7-14)27-19(28)16-10-15-8-5-9-17(22)18(15)26-12-16/h2-10,12H,11,13H2,1H3,(H,27,28)/t20-/m0/s1. The third-order valence-electron chi connectivity index (χ3n) is 4.37. The molecule has 7 heteroatoms. The average Bonchev–Trinajstić information content (AvgIpc) is 2.60. The summed E-state index contributed by atoms with van der Waals surface area (Å²) in [6.45, 7) is 1.36. The molecule has 0 radical (unpaired) electrons. The minimum absolute atomic E-state index is 0.00866. The van der Waals surface area contributed by atoms with Gasteiger partial charge in [-0.25, -0.2) is 4.39 Å². The summed E-state index contributed by atoms with van der Waals surface area (Å²) in [5.74, 6) is -1.23. The molecule has 1 N–H and O–H groups in total. The number of benzene rings is 2. The highest BCUT2D eigenvalue weighted by molar-refractivity contribution is 5.97. The number of hydrogen-bond donors (Lipinski definition) is 1. The van der Waals surface area contributed by atoms with E-state index < -0.39 is 29.9 Å². The summed E-state index contributed by atoms with van der Waals surface area (Å²) in [5.41, 5.74) is -0.706. The Balaban J connectivity index is 1.88. The van der Waals surface area contributed by atoms with Gasteiger partial charge in [0.05, 0.1) is 17.5 Å². The van der Waals surface area contributed by atoms with E-state index >= 15 is 0 Å². The Morgan fingerprint density at radius 1 is 1.07 bits per heavy atom. The Labute approximate surface area is 159 Å². The van der Waals surface area contributed by atoms with Crippen LogP contribution in [-0.2, 0) is 6.42 Å². The lowest BCUT2D eigenvalue weighted by molar-refractivity contribution is -0.147. The SMILES string of the molecule is C[C@](Cc1ccccc1)(CC(F)(F)F)NC(=O)c1cnc2c(F)cccc2c1. The number of aromatic nitrogens is 1. The normalized spacial score (nSPS) is 13.9. The van der Waals surface area contributed by atoms with Crippen molar-refractivity contribution in [3.8, 4) is 0 Å². The van der Waals surface area contributed by atoms with E-state index in [4.69, 9.17) is 0 Å². The number of nitrogens with one attached hydrogen (secondary N) is 1. The van der Waals surface area contributed by atoms with Crippen molar-refractivity contribution in [1.29, 1.82) is 0 Å². The number of rotatable bonds is 5. The van der Waals surface area contributed by atoms with Crippen LogP contribution in [0.1, 0.15) is 29.3 Å². The fraction of sp³-hybridized carbons (Fsp3) is 0.238. The molecule has 3 nitrogen and oxygen atoms in total. The summed E-state index contributed by atoms with van der Waals surface area (Å²) >= 11 is 0. The van der Waals surface area contributed by atoms with Crippen molar-refractivity contribution in [3.63, 3.8) is 0 Å². The molecule has 0 saturated carbocycles. The number of amides is 1. The zero-order valence-corrected chi connectivity index (χ0v) is 15.1. The molecule has 0 fully saturated rings. The lowest BCUT2D eigenvalue weighted by Gasteiger charge is -2.32. The molecule has 28 heavy (non-hydrogen) atoms. The van der Waals surface area contributed by atoms with Crippen molar-refractivity contribution in [3.05, 3.63) is 77.7 Å². The van der Waals surface area contributed by atoms with Crippen molar-refractivity contribution in [2.24, 2.45) is 0 Å². The van der Waals surface area contributed by atoms with Crippen molar-refractivity contribution >= 4 is 16.8 Å². The van der Waals surface area contributed by atoms with E-state index in [0.29, 0.717) is 10.9 Å². The third-order valence-corrected chi connectivity index (χ3v) is 4.37. The minimum Gasteiger partial charge on any atom is -0.346 e. The van der Waals surface area contributed by atoms with Gasteiger partial charge in [-0.3, -0.25) is 9.78 Å². The number of carbonyl (C=O) groups excluding carboxylic acids is 1. The van der Waals surface area contributed by atoms with Crippen LogP contribution < -0.4 is 5.32 Å².